The molecule has 1 aromatic rings. The van der Waals surface area contributed by atoms with Crippen LogP contribution in [0.5, 0.6) is 0 Å². The molecular formula is C14H18F3N. The molecule has 1 unspecified atom stereocenters. The van der Waals surface area contributed by atoms with E-state index >= 15 is 0 Å². The van der Waals surface area contributed by atoms with Crippen LogP contribution in [0.4, 0.5) is 13.2 Å². The number of hydrogen-bond donors (Lipinski definition) is 1. The Labute approximate surface area is 105 Å². The Morgan fingerprint density at radius 3 is 2.28 bits per heavy atom. The molecule has 0 amide bonds. The van der Waals surface area contributed by atoms with Crippen molar-refractivity contribution in [1.29, 1.82) is 0 Å². The molecule has 1 aromatic carbocycles. The van der Waals surface area contributed by atoms with Gasteiger partial charge in [-0.2, -0.15) is 13.2 Å². The summed E-state index contributed by atoms with van der Waals surface area (Å²) in [6.45, 7) is 2.47. The zero-order valence-corrected chi connectivity index (χ0v) is 10.4. The number of rotatable bonds is 4. The van der Waals surface area contributed by atoms with E-state index in [0.29, 0.717) is 6.54 Å². The van der Waals surface area contributed by atoms with Gasteiger partial charge in [-0.1, -0.05) is 43.7 Å². The first kappa shape index (κ1) is 13.4. The van der Waals surface area contributed by atoms with Gasteiger partial charge in [0.2, 0.25) is 0 Å². The molecule has 0 aliphatic heterocycles. The van der Waals surface area contributed by atoms with E-state index in [1.54, 1.807) is 18.2 Å². The van der Waals surface area contributed by atoms with Gasteiger partial charge in [-0.3, -0.25) is 0 Å². The number of halogens is 3. The number of alkyl halides is 3. The van der Waals surface area contributed by atoms with Gasteiger partial charge in [-0.25, -0.2) is 0 Å². The van der Waals surface area contributed by atoms with Gasteiger partial charge in [0.1, 0.15) is 6.04 Å². The summed E-state index contributed by atoms with van der Waals surface area (Å²) >= 11 is 0. The minimum absolute atomic E-state index is 0.0400. The van der Waals surface area contributed by atoms with Crippen LogP contribution in [-0.4, -0.2) is 12.7 Å². The smallest absolute Gasteiger partial charge is 0.302 e. The first-order chi connectivity index (χ1) is 8.41. The quantitative estimate of drug-likeness (QED) is 0.857. The molecule has 1 atom stereocenters. The second-order valence-corrected chi connectivity index (χ2v) is 5.43. The van der Waals surface area contributed by atoms with Gasteiger partial charge >= 0.3 is 6.18 Å². The standard InChI is InChI=1S/C14H18F3N/c1-13(8-5-9-13)10-18-12(14(15,16)17)11-6-3-2-4-7-11/h2-4,6-7,12,18H,5,8-10H2,1H3. The molecule has 0 spiro atoms. The van der Waals surface area contributed by atoms with Gasteiger partial charge in [0.25, 0.3) is 0 Å². The molecule has 18 heavy (non-hydrogen) atoms. The van der Waals surface area contributed by atoms with Crippen LogP contribution in [0.25, 0.3) is 0 Å². The molecule has 0 heterocycles. The van der Waals surface area contributed by atoms with Gasteiger partial charge in [0, 0.05) is 6.54 Å². The first-order valence-electron chi connectivity index (χ1n) is 6.26. The van der Waals surface area contributed by atoms with E-state index in [4.69, 9.17) is 0 Å². The molecule has 100 valence electrons. The molecule has 0 radical (unpaired) electrons. The topological polar surface area (TPSA) is 12.0 Å². The van der Waals surface area contributed by atoms with Crippen LogP contribution < -0.4 is 5.32 Å². The first-order valence-corrected chi connectivity index (χ1v) is 6.26. The summed E-state index contributed by atoms with van der Waals surface area (Å²) in [4.78, 5) is 0. The third-order valence-corrected chi connectivity index (χ3v) is 3.75. The third-order valence-electron chi connectivity index (χ3n) is 3.75. The van der Waals surface area contributed by atoms with Crippen molar-refractivity contribution in [3.8, 4) is 0 Å². The Balaban J connectivity index is 2.07. The SMILES string of the molecule is CC1(CNC(c2ccccc2)C(F)(F)F)CCC1. The fourth-order valence-electron chi connectivity index (χ4n) is 2.37. The summed E-state index contributed by atoms with van der Waals surface area (Å²) in [7, 11) is 0. The maximum absolute atomic E-state index is 13.0. The van der Waals surface area contributed by atoms with E-state index in [2.05, 4.69) is 5.32 Å². The van der Waals surface area contributed by atoms with Crippen molar-refractivity contribution < 1.29 is 13.2 Å². The van der Waals surface area contributed by atoms with Crippen molar-refractivity contribution in [2.45, 2.75) is 38.4 Å². The number of benzene rings is 1. The summed E-state index contributed by atoms with van der Waals surface area (Å²) < 4.78 is 39.1. The van der Waals surface area contributed by atoms with Crippen LogP contribution >= 0.6 is 0 Å². The van der Waals surface area contributed by atoms with Crippen LogP contribution in [0.1, 0.15) is 37.8 Å². The molecule has 1 aliphatic carbocycles. The van der Waals surface area contributed by atoms with Crippen molar-refractivity contribution in [2.75, 3.05) is 6.54 Å². The Bertz CT molecular complexity index is 382. The van der Waals surface area contributed by atoms with E-state index in [0.717, 1.165) is 19.3 Å². The molecule has 1 saturated carbocycles. The molecule has 2 rings (SSSR count). The van der Waals surface area contributed by atoms with Crippen LogP contribution in [-0.2, 0) is 0 Å². The zero-order chi connectivity index (χ0) is 13.2. The minimum atomic E-state index is -4.25. The van der Waals surface area contributed by atoms with Crippen molar-refractivity contribution in [1.82, 2.24) is 5.32 Å². The maximum Gasteiger partial charge on any atom is 0.407 e. The van der Waals surface area contributed by atoms with Crippen molar-refractivity contribution in [3.63, 3.8) is 0 Å². The van der Waals surface area contributed by atoms with Crippen LogP contribution in [0.2, 0.25) is 0 Å². The monoisotopic (exact) mass is 257 g/mol. The maximum atomic E-state index is 13.0. The van der Waals surface area contributed by atoms with E-state index in [9.17, 15) is 13.2 Å². The molecule has 1 fully saturated rings. The largest absolute Gasteiger partial charge is 0.407 e. The predicted molar refractivity (Wildman–Crippen MR) is 65.2 cm³/mol. The van der Waals surface area contributed by atoms with Gasteiger partial charge in [0.15, 0.2) is 0 Å². The highest BCUT2D eigenvalue weighted by atomic mass is 19.4. The summed E-state index contributed by atoms with van der Waals surface area (Å²) in [5.41, 5.74) is 0.325. The lowest BCUT2D eigenvalue weighted by Gasteiger charge is -2.40. The molecule has 0 bridgehead atoms. The van der Waals surface area contributed by atoms with Gasteiger partial charge in [-0.05, 0) is 23.8 Å². The Morgan fingerprint density at radius 2 is 1.83 bits per heavy atom. The van der Waals surface area contributed by atoms with Crippen molar-refractivity contribution in [2.24, 2.45) is 5.41 Å². The van der Waals surface area contributed by atoms with E-state index in [1.165, 1.54) is 12.1 Å². The fourth-order valence-corrected chi connectivity index (χ4v) is 2.37. The summed E-state index contributed by atoms with van der Waals surface area (Å²) in [5, 5.41) is 2.69. The lowest BCUT2D eigenvalue weighted by Crippen LogP contribution is -2.43. The Hall–Kier alpha value is -1.03. The van der Waals surface area contributed by atoms with Crippen molar-refractivity contribution >= 4 is 0 Å². The molecule has 1 N–H and O–H groups in total. The molecular weight excluding hydrogens is 239 g/mol. The van der Waals surface area contributed by atoms with E-state index < -0.39 is 12.2 Å². The highest BCUT2D eigenvalue weighted by Gasteiger charge is 2.42. The van der Waals surface area contributed by atoms with Crippen LogP contribution in [0.3, 0.4) is 0 Å². The van der Waals surface area contributed by atoms with Crippen LogP contribution in [0.15, 0.2) is 30.3 Å². The summed E-state index contributed by atoms with van der Waals surface area (Å²) in [5.74, 6) is 0. The second-order valence-electron chi connectivity index (χ2n) is 5.43. The molecule has 1 nitrogen and oxygen atoms in total. The summed E-state index contributed by atoms with van der Waals surface area (Å²) in [6, 6.07) is 6.49. The average molecular weight is 257 g/mol. The molecule has 0 aromatic heterocycles. The molecule has 0 saturated heterocycles. The second kappa shape index (κ2) is 4.92. The Morgan fingerprint density at radius 1 is 1.22 bits per heavy atom. The summed E-state index contributed by atoms with van der Waals surface area (Å²) in [6.07, 6.45) is -1.10. The Kier molecular flexibility index (Phi) is 3.66. The fraction of sp³-hybridized carbons (Fsp3) is 0.571. The molecule has 4 heteroatoms. The van der Waals surface area contributed by atoms with Gasteiger partial charge < -0.3 is 5.32 Å². The highest BCUT2D eigenvalue weighted by Crippen LogP contribution is 2.41. The van der Waals surface area contributed by atoms with E-state index in [-0.39, 0.29) is 11.0 Å². The molecule has 1 aliphatic rings. The van der Waals surface area contributed by atoms with Crippen molar-refractivity contribution in [3.05, 3.63) is 35.9 Å². The highest BCUT2D eigenvalue weighted by molar-refractivity contribution is 5.20. The predicted octanol–water partition coefficient (Wildman–Crippen LogP) is 4.07. The van der Waals surface area contributed by atoms with Crippen LogP contribution in [0, 0.1) is 5.41 Å². The third kappa shape index (κ3) is 3.05. The number of hydrogen-bond acceptors (Lipinski definition) is 1. The van der Waals surface area contributed by atoms with E-state index in [1.807, 2.05) is 6.92 Å². The zero-order valence-electron chi connectivity index (χ0n) is 10.4. The minimum Gasteiger partial charge on any atom is -0.302 e. The van der Waals surface area contributed by atoms with Gasteiger partial charge in [0.05, 0.1) is 0 Å². The lowest BCUT2D eigenvalue weighted by molar-refractivity contribution is -0.159. The lowest BCUT2D eigenvalue weighted by atomic mass is 9.70. The van der Waals surface area contributed by atoms with Gasteiger partial charge in [-0.15, -0.1) is 0 Å². The normalized spacial score (nSPS) is 20.2. The number of nitrogens with one attached hydrogen (secondary N) is 1. The average Bonchev–Trinajstić information content (AvgIpc) is 2.26.